The summed E-state index contributed by atoms with van der Waals surface area (Å²) in [6.07, 6.45) is 4.88. The summed E-state index contributed by atoms with van der Waals surface area (Å²) in [5.74, 6) is 0.469. The van der Waals surface area contributed by atoms with E-state index in [1.807, 2.05) is 6.92 Å². The molecule has 2 atom stereocenters. The molecular formula is C16H24O2. The fraction of sp³-hybridized carbons (Fsp3) is 0.625. The third-order valence-corrected chi connectivity index (χ3v) is 3.90. The summed E-state index contributed by atoms with van der Waals surface area (Å²) in [6, 6.07) is 6.79. The first-order chi connectivity index (χ1) is 8.76. The van der Waals surface area contributed by atoms with Crippen LogP contribution in [-0.2, 0) is 22.6 Å². The monoisotopic (exact) mass is 248 g/mol. The molecule has 0 bridgehead atoms. The Labute approximate surface area is 110 Å². The summed E-state index contributed by atoms with van der Waals surface area (Å²) in [4.78, 5) is 10.8. The zero-order valence-corrected chi connectivity index (χ0v) is 11.7. The Kier molecular flexibility index (Phi) is 4.79. The van der Waals surface area contributed by atoms with Crippen LogP contribution in [-0.4, -0.2) is 6.61 Å². The normalized spacial score (nSPS) is 17.5. The lowest BCUT2D eigenvalue weighted by atomic mass is 9.93. The van der Waals surface area contributed by atoms with Crippen molar-refractivity contribution in [3.63, 3.8) is 0 Å². The topological polar surface area (TPSA) is 18.5 Å². The summed E-state index contributed by atoms with van der Waals surface area (Å²) in [7, 11) is 0. The van der Waals surface area contributed by atoms with Crippen LogP contribution in [0.1, 0.15) is 56.4 Å². The van der Waals surface area contributed by atoms with Gasteiger partial charge in [-0.1, -0.05) is 38.5 Å². The van der Waals surface area contributed by atoms with Crippen LogP contribution in [0.2, 0.25) is 0 Å². The first-order valence-electron chi connectivity index (χ1n) is 7.16. The summed E-state index contributed by atoms with van der Waals surface area (Å²) in [5, 5.41) is 0. The Morgan fingerprint density at radius 2 is 1.94 bits per heavy atom. The maximum Gasteiger partial charge on any atom is 0.120 e. The van der Waals surface area contributed by atoms with Gasteiger partial charge < -0.3 is 0 Å². The van der Waals surface area contributed by atoms with Gasteiger partial charge in [0.05, 0.1) is 6.61 Å². The van der Waals surface area contributed by atoms with Crippen LogP contribution < -0.4 is 0 Å². The fourth-order valence-corrected chi connectivity index (χ4v) is 2.60. The molecule has 18 heavy (non-hydrogen) atoms. The molecule has 1 aromatic rings. The second-order valence-corrected chi connectivity index (χ2v) is 5.19. The lowest BCUT2D eigenvalue weighted by Crippen LogP contribution is -2.14. The van der Waals surface area contributed by atoms with Crippen molar-refractivity contribution in [3.8, 4) is 0 Å². The predicted molar refractivity (Wildman–Crippen MR) is 73.4 cm³/mol. The summed E-state index contributed by atoms with van der Waals surface area (Å²) < 4.78 is 0. The third kappa shape index (κ3) is 2.93. The van der Waals surface area contributed by atoms with Gasteiger partial charge in [-0.3, -0.25) is 0 Å². The standard InChI is InChI=1S/C16H24O2/c1-4-12(3)16(18-17-5-2)15-10-9-13-7-6-8-14(13)11-15/h9-12,16H,4-8H2,1-3H3. The maximum absolute atomic E-state index is 5.59. The van der Waals surface area contributed by atoms with Gasteiger partial charge in [0.1, 0.15) is 6.10 Å². The van der Waals surface area contributed by atoms with E-state index in [0.717, 1.165) is 6.42 Å². The summed E-state index contributed by atoms with van der Waals surface area (Å²) >= 11 is 0. The van der Waals surface area contributed by atoms with Crippen LogP contribution in [0.5, 0.6) is 0 Å². The molecule has 0 N–H and O–H groups in total. The number of aryl methyl sites for hydroxylation is 2. The summed E-state index contributed by atoms with van der Waals surface area (Å²) in [5.41, 5.74) is 4.28. The average Bonchev–Trinajstić information content (AvgIpc) is 2.86. The SMILES string of the molecule is CCOOC(c1ccc2c(c1)CCC2)C(C)CC. The minimum atomic E-state index is 0.0563. The van der Waals surface area contributed by atoms with Crippen LogP contribution >= 0.6 is 0 Å². The van der Waals surface area contributed by atoms with Gasteiger partial charge in [-0.05, 0) is 48.8 Å². The number of hydrogen-bond donors (Lipinski definition) is 0. The van der Waals surface area contributed by atoms with Gasteiger partial charge >= 0.3 is 0 Å². The molecule has 0 spiro atoms. The van der Waals surface area contributed by atoms with Crippen LogP contribution in [0.4, 0.5) is 0 Å². The van der Waals surface area contributed by atoms with Crippen LogP contribution in [0.3, 0.4) is 0 Å². The van der Waals surface area contributed by atoms with Gasteiger partial charge in [0.15, 0.2) is 0 Å². The number of hydrogen-bond acceptors (Lipinski definition) is 2. The van der Waals surface area contributed by atoms with Gasteiger partial charge in [0.25, 0.3) is 0 Å². The molecule has 2 nitrogen and oxygen atoms in total. The largest absolute Gasteiger partial charge is 0.236 e. The Morgan fingerprint density at radius 1 is 1.17 bits per heavy atom. The van der Waals surface area contributed by atoms with E-state index in [1.165, 1.54) is 36.0 Å². The smallest absolute Gasteiger partial charge is 0.120 e. The molecule has 2 unspecified atom stereocenters. The molecule has 1 aromatic carbocycles. The highest BCUT2D eigenvalue weighted by atomic mass is 17.2. The van der Waals surface area contributed by atoms with E-state index >= 15 is 0 Å². The Bertz CT molecular complexity index is 387. The van der Waals surface area contributed by atoms with Crippen LogP contribution in [0, 0.1) is 5.92 Å². The van der Waals surface area contributed by atoms with E-state index in [-0.39, 0.29) is 6.10 Å². The molecule has 0 saturated carbocycles. The Hall–Kier alpha value is -0.860. The van der Waals surface area contributed by atoms with Crippen molar-refractivity contribution < 1.29 is 9.78 Å². The number of benzene rings is 1. The highest BCUT2D eigenvalue weighted by molar-refractivity contribution is 5.36. The molecule has 0 radical (unpaired) electrons. The molecule has 1 aliphatic rings. The third-order valence-electron chi connectivity index (χ3n) is 3.90. The first kappa shape index (κ1) is 13.6. The van der Waals surface area contributed by atoms with Crippen LogP contribution in [0.25, 0.3) is 0 Å². The predicted octanol–water partition coefficient (Wildman–Crippen LogP) is 4.23. The summed E-state index contributed by atoms with van der Waals surface area (Å²) in [6.45, 7) is 6.96. The molecule has 2 heteroatoms. The van der Waals surface area contributed by atoms with E-state index < -0.39 is 0 Å². The molecule has 0 fully saturated rings. The van der Waals surface area contributed by atoms with E-state index in [0.29, 0.717) is 12.5 Å². The number of rotatable bonds is 6. The molecule has 2 rings (SSSR count). The molecule has 0 amide bonds. The minimum Gasteiger partial charge on any atom is -0.236 e. The Morgan fingerprint density at radius 3 is 2.67 bits per heavy atom. The van der Waals surface area contributed by atoms with Crippen molar-refractivity contribution in [2.45, 2.75) is 52.6 Å². The van der Waals surface area contributed by atoms with Crippen molar-refractivity contribution in [2.24, 2.45) is 5.92 Å². The Balaban J connectivity index is 2.18. The molecule has 100 valence electrons. The van der Waals surface area contributed by atoms with Crippen molar-refractivity contribution in [1.82, 2.24) is 0 Å². The highest BCUT2D eigenvalue weighted by Gasteiger charge is 2.22. The zero-order chi connectivity index (χ0) is 13.0. The van der Waals surface area contributed by atoms with Gasteiger partial charge in [-0.15, -0.1) is 0 Å². The van der Waals surface area contributed by atoms with Crippen LogP contribution in [0.15, 0.2) is 18.2 Å². The molecule has 0 aliphatic heterocycles. The molecule has 0 aromatic heterocycles. The zero-order valence-electron chi connectivity index (χ0n) is 11.7. The minimum absolute atomic E-state index is 0.0563. The van der Waals surface area contributed by atoms with Gasteiger partial charge in [0, 0.05) is 0 Å². The number of fused-ring (bicyclic) bond motifs is 1. The molecule has 0 heterocycles. The van der Waals surface area contributed by atoms with Crippen molar-refractivity contribution >= 4 is 0 Å². The highest BCUT2D eigenvalue weighted by Crippen LogP contribution is 2.32. The molecular weight excluding hydrogens is 224 g/mol. The lowest BCUT2D eigenvalue weighted by Gasteiger charge is -2.23. The second kappa shape index (κ2) is 6.35. The van der Waals surface area contributed by atoms with Crippen molar-refractivity contribution in [3.05, 3.63) is 34.9 Å². The van der Waals surface area contributed by atoms with E-state index in [4.69, 9.17) is 9.78 Å². The van der Waals surface area contributed by atoms with Crippen molar-refractivity contribution in [1.29, 1.82) is 0 Å². The van der Waals surface area contributed by atoms with Crippen molar-refractivity contribution in [2.75, 3.05) is 6.61 Å². The quantitative estimate of drug-likeness (QED) is 0.554. The molecule has 1 aliphatic carbocycles. The fourth-order valence-electron chi connectivity index (χ4n) is 2.60. The van der Waals surface area contributed by atoms with E-state index in [1.54, 1.807) is 0 Å². The second-order valence-electron chi connectivity index (χ2n) is 5.19. The van der Waals surface area contributed by atoms with Gasteiger partial charge in [-0.2, -0.15) is 0 Å². The lowest BCUT2D eigenvalue weighted by molar-refractivity contribution is -0.333. The van der Waals surface area contributed by atoms with E-state index in [9.17, 15) is 0 Å². The first-order valence-corrected chi connectivity index (χ1v) is 7.16. The van der Waals surface area contributed by atoms with Gasteiger partial charge in [0.2, 0.25) is 0 Å². The molecule has 0 saturated heterocycles. The van der Waals surface area contributed by atoms with Gasteiger partial charge in [-0.25, -0.2) is 9.78 Å². The van der Waals surface area contributed by atoms with E-state index in [2.05, 4.69) is 32.0 Å². The average molecular weight is 248 g/mol. The maximum atomic E-state index is 5.59.